The molecule has 0 aliphatic carbocycles. The van der Waals surface area contributed by atoms with Gasteiger partial charge in [-0.2, -0.15) is 0 Å². The zero-order valence-electron chi connectivity index (χ0n) is 21.5. The molecule has 4 heterocycles. The first-order chi connectivity index (χ1) is 18.0. The minimum absolute atomic E-state index is 0.0212. The Morgan fingerprint density at radius 2 is 2.03 bits per heavy atom. The van der Waals surface area contributed by atoms with Gasteiger partial charge < -0.3 is 24.2 Å². The van der Waals surface area contributed by atoms with Crippen molar-refractivity contribution >= 4 is 40.1 Å². The van der Waals surface area contributed by atoms with Crippen LogP contribution in [0.3, 0.4) is 0 Å². The van der Waals surface area contributed by atoms with Gasteiger partial charge in [-0.05, 0) is 49.8 Å². The summed E-state index contributed by atoms with van der Waals surface area (Å²) in [6.07, 6.45) is 1.77. The number of hydrogen-bond donors (Lipinski definition) is 0. The second-order valence-corrected chi connectivity index (χ2v) is 10.5. The molecule has 2 aliphatic rings. The maximum atomic E-state index is 13.6. The smallest absolute Gasteiger partial charge is 0.409 e. The second kappa shape index (κ2) is 11.5. The number of pyridine rings is 1. The molecule has 3 aromatic rings. The van der Waals surface area contributed by atoms with Gasteiger partial charge >= 0.3 is 6.09 Å². The number of ether oxygens (including phenoxy) is 2. The highest BCUT2D eigenvalue weighted by Crippen LogP contribution is 2.29. The Morgan fingerprint density at radius 1 is 1.19 bits per heavy atom. The van der Waals surface area contributed by atoms with E-state index in [2.05, 4.69) is 30.0 Å². The summed E-state index contributed by atoms with van der Waals surface area (Å²) in [6, 6.07) is 12.2. The molecule has 1 atom stereocenters. The van der Waals surface area contributed by atoms with Crippen LogP contribution < -0.4 is 4.90 Å². The number of piperazine rings is 1. The molecule has 1 aromatic carbocycles. The molecular weight excluding hydrogens is 488 g/mol. The number of carbonyl (C=O) groups excluding carboxylic acids is 2. The lowest BCUT2D eigenvalue weighted by molar-refractivity contribution is 0.0511. The Labute approximate surface area is 221 Å². The summed E-state index contributed by atoms with van der Waals surface area (Å²) >= 11 is 1.46. The average Bonchev–Trinajstić information content (AvgIpc) is 3.63. The van der Waals surface area contributed by atoms with Crippen molar-refractivity contribution in [3.8, 4) is 0 Å². The number of aromatic nitrogens is 1. The van der Waals surface area contributed by atoms with Crippen molar-refractivity contribution in [3.63, 3.8) is 0 Å². The molecule has 2 fully saturated rings. The van der Waals surface area contributed by atoms with Crippen molar-refractivity contribution in [1.82, 2.24) is 14.8 Å². The Kier molecular flexibility index (Phi) is 7.90. The predicted molar refractivity (Wildman–Crippen MR) is 145 cm³/mol. The van der Waals surface area contributed by atoms with Crippen LogP contribution in [-0.2, 0) is 16.0 Å². The van der Waals surface area contributed by atoms with Gasteiger partial charge in [0.25, 0.3) is 5.91 Å². The number of hydrogen-bond acceptors (Lipinski definition) is 7. The monoisotopic (exact) mass is 522 g/mol. The van der Waals surface area contributed by atoms with Gasteiger partial charge in [0.15, 0.2) is 0 Å². The third-order valence-corrected chi connectivity index (χ3v) is 7.90. The van der Waals surface area contributed by atoms with E-state index in [9.17, 15) is 9.59 Å². The summed E-state index contributed by atoms with van der Waals surface area (Å²) in [7, 11) is 0. The van der Waals surface area contributed by atoms with Crippen LogP contribution in [0.25, 0.3) is 10.9 Å². The average molecular weight is 523 g/mol. The number of anilines is 1. The summed E-state index contributed by atoms with van der Waals surface area (Å²) in [6.45, 7) is 8.45. The Morgan fingerprint density at radius 3 is 2.73 bits per heavy atom. The summed E-state index contributed by atoms with van der Waals surface area (Å²) in [5.41, 5.74) is 3.08. The molecule has 9 heteroatoms. The summed E-state index contributed by atoms with van der Waals surface area (Å²) in [5, 5.41) is 3.00. The maximum Gasteiger partial charge on any atom is 0.409 e. The fraction of sp³-hybridized carbons (Fsp3) is 0.464. The number of thiophene rings is 1. The predicted octanol–water partition coefficient (Wildman–Crippen LogP) is 4.70. The largest absolute Gasteiger partial charge is 0.450 e. The van der Waals surface area contributed by atoms with Crippen LogP contribution in [0, 0.1) is 6.92 Å². The molecule has 2 aromatic heterocycles. The lowest BCUT2D eigenvalue weighted by Gasteiger charge is -2.36. The number of benzene rings is 1. The van der Waals surface area contributed by atoms with E-state index in [-0.39, 0.29) is 18.1 Å². The van der Waals surface area contributed by atoms with Crippen LogP contribution in [0.5, 0.6) is 0 Å². The molecular formula is C28H34N4O4S. The molecule has 2 saturated heterocycles. The van der Waals surface area contributed by atoms with E-state index in [1.165, 1.54) is 11.3 Å². The normalized spacial score (nSPS) is 17.8. The van der Waals surface area contributed by atoms with Crippen molar-refractivity contribution in [3.05, 3.63) is 57.8 Å². The highest BCUT2D eigenvalue weighted by Gasteiger charge is 2.28. The van der Waals surface area contributed by atoms with Crippen LogP contribution in [0.2, 0.25) is 0 Å². The van der Waals surface area contributed by atoms with Crippen molar-refractivity contribution < 1.29 is 19.1 Å². The van der Waals surface area contributed by atoms with Crippen LogP contribution in [0.1, 0.15) is 40.6 Å². The van der Waals surface area contributed by atoms with E-state index < -0.39 is 0 Å². The molecule has 2 amide bonds. The minimum atomic E-state index is -0.269. The SMILES string of the molecule is CCOC(=O)N1CCN(c2nc3c(C)cccc3cc2CN(C[C@@H]2CCCO2)C(=O)c2cccs2)CC1. The molecule has 37 heavy (non-hydrogen) atoms. The third kappa shape index (κ3) is 5.72. The Balaban J connectivity index is 1.46. The number of nitrogens with zero attached hydrogens (tertiary/aromatic N) is 4. The second-order valence-electron chi connectivity index (χ2n) is 9.59. The van der Waals surface area contributed by atoms with Gasteiger partial charge in [0.1, 0.15) is 5.82 Å². The quantitative estimate of drug-likeness (QED) is 0.448. The van der Waals surface area contributed by atoms with Crippen molar-refractivity contribution in [2.45, 2.75) is 39.3 Å². The van der Waals surface area contributed by atoms with Gasteiger partial charge in [-0.15, -0.1) is 11.3 Å². The van der Waals surface area contributed by atoms with Crippen LogP contribution in [0.15, 0.2) is 41.8 Å². The molecule has 196 valence electrons. The van der Waals surface area contributed by atoms with E-state index in [1.807, 2.05) is 35.4 Å². The van der Waals surface area contributed by atoms with Crippen molar-refractivity contribution in [2.24, 2.45) is 0 Å². The zero-order valence-corrected chi connectivity index (χ0v) is 22.3. The number of amides is 2. The summed E-state index contributed by atoms with van der Waals surface area (Å²) in [5.74, 6) is 0.898. The van der Waals surface area contributed by atoms with E-state index in [1.54, 1.807) is 4.90 Å². The van der Waals surface area contributed by atoms with Crippen LogP contribution >= 0.6 is 11.3 Å². The summed E-state index contributed by atoms with van der Waals surface area (Å²) in [4.78, 5) is 37.6. The van der Waals surface area contributed by atoms with Gasteiger partial charge in [-0.1, -0.05) is 24.3 Å². The molecule has 0 bridgehead atoms. The molecule has 5 rings (SSSR count). The zero-order chi connectivity index (χ0) is 25.8. The van der Waals surface area contributed by atoms with Gasteiger partial charge in [-0.3, -0.25) is 4.79 Å². The molecule has 0 N–H and O–H groups in total. The third-order valence-electron chi connectivity index (χ3n) is 7.04. The highest BCUT2D eigenvalue weighted by atomic mass is 32.1. The van der Waals surface area contributed by atoms with E-state index in [0.29, 0.717) is 45.9 Å². The molecule has 0 unspecified atom stereocenters. The van der Waals surface area contributed by atoms with Crippen LogP contribution in [0.4, 0.5) is 10.6 Å². The van der Waals surface area contributed by atoms with E-state index >= 15 is 0 Å². The molecule has 0 radical (unpaired) electrons. The van der Waals surface area contributed by atoms with Gasteiger partial charge in [0.05, 0.1) is 23.1 Å². The van der Waals surface area contributed by atoms with Crippen molar-refractivity contribution in [2.75, 3.05) is 50.8 Å². The van der Waals surface area contributed by atoms with E-state index in [0.717, 1.165) is 52.2 Å². The van der Waals surface area contributed by atoms with E-state index in [4.69, 9.17) is 14.5 Å². The lowest BCUT2D eigenvalue weighted by Crippen LogP contribution is -2.49. The molecule has 0 spiro atoms. The topological polar surface area (TPSA) is 75.2 Å². The summed E-state index contributed by atoms with van der Waals surface area (Å²) < 4.78 is 11.1. The minimum Gasteiger partial charge on any atom is -0.450 e. The number of para-hydroxylation sites is 1. The van der Waals surface area contributed by atoms with Gasteiger partial charge in [0, 0.05) is 56.8 Å². The number of fused-ring (bicyclic) bond motifs is 1. The lowest BCUT2D eigenvalue weighted by atomic mass is 10.1. The standard InChI is InChI=1S/C28H34N4O4S/c1-3-35-28(34)31-13-11-30(12-14-31)26-22(17-21-8-4-7-20(2)25(21)29-26)18-32(19-23-9-5-15-36-23)27(33)24-10-6-16-37-24/h4,6-8,10,16-17,23H,3,5,9,11-15,18-19H2,1-2H3/t23-/m0/s1. The number of carbonyl (C=O) groups is 2. The first-order valence-corrected chi connectivity index (χ1v) is 13.9. The van der Waals surface area contributed by atoms with Gasteiger partial charge in [-0.25, -0.2) is 9.78 Å². The fourth-order valence-electron chi connectivity index (χ4n) is 5.10. The van der Waals surface area contributed by atoms with Crippen LogP contribution in [-0.4, -0.2) is 78.8 Å². The first kappa shape index (κ1) is 25.5. The number of aryl methyl sites for hydroxylation is 1. The fourth-order valence-corrected chi connectivity index (χ4v) is 5.79. The Hall–Kier alpha value is -3.17. The van der Waals surface area contributed by atoms with Crippen molar-refractivity contribution in [1.29, 1.82) is 0 Å². The Bertz CT molecular complexity index is 1230. The maximum absolute atomic E-state index is 13.6. The highest BCUT2D eigenvalue weighted by molar-refractivity contribution is 7.12. The molecule has 0 saturated carbocycles. The molecule has 8 nitrogen and oxygen atoms in total. The molecule has 2 aliphatic heterocycles. The van der Waals surface area contributed by atoms with Gasteiger partial charge in [0.2, 0.25) is 0 Å². The first-order valence-electron chi connectivity index (χ1n) is 13.0. The number of rotatable bonds is 7.